The zero-order valence-corrected chi connectivity index (χ0v) is 19.1. The Labute approximate surface area is 166 Å². The topological polar surface area (TPSA) is 36.9 Å². The van der Waals surface area contributed by atoms with Gasteiger partial charge in [-0.3, -0.25) is 0 Å². The van der Waals surface area contributed by atoms with E-state index < -0.39 is 14.4 Å². The van der Waals surface area contributed by atoms with Crippen LogP contribution in [0.1, 0.15) is 44.4 Å². The molecule has 0 N–H and O–H groups in total. The molecule has 1 aromatic rings. The van der Waals surface area contributed by atoms with E-state index in [9.17, 15) is 0 Å². The van der Waals surface area contributed by atoms with E-state index in [1.165, 1.54) is 0 Å². The summed E-state index contributed by atoms with van der Waals surface area (Å²) < 4.78 is 23.4. The van der Waals surface area contributed by atoms with Crippen molar-refractivity contribution in [3.05, 3.63) is 29.8 Å². The Balaban J connectivity index is 3.65. The molecule has 0 saturated carbocycles. The average Bonchev–Trinajstić information content (AvgIpc) is 2.61. The molecule has 1 aromatic carbocycles. The summed E-state index contributed by atoms with van der Waals surface area (Å²) in [6.45, 7) is 14.8. The van der Waals surface area contributed by atoms with E-state index >= 15 is 0 Å². The van der Waals surface area contributed by atoms with E-state index in [4.69, 9.17) is 25.1 Å². The first-order valence-electron chi connectivity index (χ1n) is 9.14. The Hall–Kier alpha value is -1.90. The molecule has 4 nitrogen and oxygen atoms in total. The number of hydrogen-bond donors (Lipinski definition) is 0. The molecular formula is C22H34O4Si. The fourth-order valence-corrected chi connectivity index (χ4v) is 3.76. The van der Waals surface area contributed by atoms with Crippen molar-refractivity contribution < 1.29 is 18.6 Å². The lowest BCUT2D eigenvalue weighted by atomic mass is 9.96. The van der Waals surface area contributed by atoms with Crippen LogP contribution >= 0.6 is 0 Å². The van der Waals surface area contributed by atoms with Crippen molar-refractivity contribution in [3.63, 3.8) is 0 Å². The molecule has 0 heterocycles. The highest BCUT2D eigenvalue weighted by Gasteiger charge is 2.40. The first-order chi connectivity index (χ1) is 12.6. The molecule has 0 spiro atoms. The summed E-state index contributed by atoms with van der Waals surface area (Å²) in [5.74, 6) is 4.54. The van der Waals surface area contributed by atoms with Gasteiger partial charge in [0.05, 0.1) is 21.3 Å². The van der Waals surface area contributed by atoms with Crippen LogP contribution in [0.2, 0.25) is 18.1 Å². The van der Waals surface area contributed by atoms with Crippen molar-refractivity contribution in [1.29, 1.82) is 0 Å². The molecule has 1 rings (SSSR count). The lowest BCUT2D eigenvalue weighted by Crippen LogP contribution is -2.41. The van der Waals surface area contributed by atoms with Crippen LogP contribution in [0.15, 0.2) is 18.7 Å². The van der Waals surface area contributed by atoms with Crippen molar-refractivity contribution in [2.45, 2.75) is 57.8 Å². The number of aryl methyl sites for hydroxylation is 1. The predicted molar refractivity (Wildman–Crippen MR) is 114 cm³/mol. The lowest BCUT2D eigenvalue weighted by molar-refractivity contribution is 0.228. The molecule has 0 radical (unpaired) electrons. The molecule has 0 aliphatic rings. The summed E-state index contributed by atoms with van der Waals surface area (Å²) in [4.78, 5) is 0. The van der Waals surface area contributed by atoms with Crippen LogP contribution in [0.5, 0.6) is 17.2 Å². The molecule has 1 unspecified atom stereocenters. The van der Waals surface area contributed by atoms with Crippen LogP contribution in [0, 0.1) is 12.3 Å². The van der Waals surface area contributed by atoms with Crippen LogP contribution in [0.4, 0.5) is 0 Å². The van der Waals surface area contributed by atoms with Gasteiger partial charge in [-0.05, 0) is 42.6 Å². The number of methoxy groups -OCH3 is 3. The molecule has 1 atom stereocenters. The monoisotopic (exact) mass is 390 g/mol. The van der Waals surface area contributed by atoms with Crippen LogP contribution in [0.3, 0.4) is 0 Å². The van der Waals surface area contributed by atoms with Gasteiger partial charge in [-0.15, -0.1) is 13.0 Å². The minimum absolute atomic E-state index is 0.0349. The van der Waals surface area contributed by atoms with Crippen molar-refractivity contribution in [2.24, 2.45) is 0 Å². The molecule has 0 bridgehead atoms. The third-order valence-electron chi connectivity index (χ3n) is 5.20. The Morgan fingerprint density at radius 2 is 1.74 bits per heavy atom. The molecule has 5 heteroatoms. The fraction of sp³-hybridized carbons (Fsp3) is 0.545. The molecule has 150 valence electrons. The summed E-state index contributed by atoms with van der Waals surface area (Å²) in [6.07, 6.45) is 8.86. The highest BCUT2D eigenvalue weighted by molar-refractivity contribution is 6.74. The SMILES string of the molecule is C#CC(O[Si](C)(C)C(C)(C)C)c1c(CCC=C)cc(OC)c(OC)c1OC. The standard InChI is InChI=1S/C22H34O4Si/c1-11-13-14-16-15-18(23-6)20(24-7)21(25-8)19(16)17(12-2)26-27(9,10)22(3,4)5/h2,11,15,17H,1,13-14H2,3-10H3. The van der Waals surface area contributed by atoms with Crippen molar-refractivity contribution >= 4 is 8.32 Å². The molecule has 0 amide bonds. The Morgan fingerprint density at radius 1 is 1.15 bits per heavy atom. The van der Waals surface area contributed by atoms with Crippen molar-refractivity contribution in [2.75, 3.05) is 21.3 Å². The van der Waals surface area contributed by atoms with E-state index in [2.05, 4.69) is 46.4 Å². The molecule has 0 aliphatic heterocycles. The maximum Gasteiger partial charge on any atom is 0.203 e. The van der Waals surface area contributed by atoms with E-state index in [1.807, 2.05) is 12.1 Å². The smallest absolute Gasteiger partial charge is 0.203 e. The number of benzene rings is 1. The average molecular weight is 391 g/mol. The highest BCUT2D eigenvalue weighted by atomic mass is 28.4. The Morgan fingerprint density at radius 3 is 2.15 bits per heavy atom. The zero-order valence-electron chi connectivity index (χ0n) is 18.1. The third kappa shape index (κ3) is 5.09. The van der Waals surface area contributed by atoms with E-state index in [0.717, 1.165) is 24.0 Å². The molecule has 0 saturated heterocycles. The number of allylic oxidation sites excluding steroid dienone is 1. The first-order valence-corrected chi connectivity index (χ1v) is 12.0. The van der Waals surface area contributed by atoms with Gasteiger partial charge in [0, 0.05) is 5.56 Å². The molecule has 0 aromatic heterocycles. The predicted octanol–water partition coefficient (Wildman–Crippen LogP) is 5.53. The van der Waals surface area contributed by atoms with Gasteiger partial charge >= 0.3 is 0 Å². The number of ether oxygens (including phenoxy) is 3. The minimum atomic E-state index is -2.10. The third-order valence-corrected chi connectivity index (χ3v) is 9.64. The summed E-state index contributed by atoms with van der Waals surface area (Å²) in [5.41, 5.74) is 1.86. The summed E-state index contributed by atoms with van der Waals surface area (Å²) in [7, 11) is 2.71. The number of rotatable bonds is 9. The summed E-state index contributed by atoms with van der Waals surface area (Å²) in [6, 6.07) is 1.96. The number of hydrogen-bond acceptors (Lipinski definition) is 4. The minimum Gasteiger partial charge on any atom is -0.493 e. The van der Waals surface area contributed by atoms with Gasteiger partial charge in [0.25, 0.3) is 0 Å². The molecule has 27 heavy (non-hydrogen) atoms. The van der Waals surface area contributed by atoms with Crippen molar-refractivity contribution in [3.8, 4) is 29.6 Å². The van der Waals surface area contributed by atoms with Crippen LogP contribution in [-0.2, 0) is 10.8 Å². The molecular weight excluding hydrogens is 356 g/mol. The van der Waals surface area contributed by atoms with Gasteiger partial charge in [0.2, 0.25) is 5.75 Å². The first kappa shape index (κ1) is 23.1. The lowest BCUT2D eigenvalue weighted by Gasteiger charge is -2.38. The Bertz CT molecular complexity index is 696. The molecule has 0 fully saturated rings. The normalized spacial score (nSPS) is 12.9. The van der Waals surface area contributed by atoms with Gasteiger partial charge in [0.15, 0.2) is 19.8 Å². The van der Waals surface area contributed by atoms with E-state index in [-0.39, 0.29) is 5.04 Å². The maximum atomic E-state index is 6.57. The van der Waals surface area contributed by atoms with Gasteiger partial charge < -0.3 is 18.6 Å². The van der Waals surface area contributed by atoms with Gasteiger partial charge in [-0.2, -0.15) is 0 Å². The van der Waals surface area contributed by atoms with Gasteiger partial charge in [0.1, 0.15) is 6.10 Å². The fourth-order valence-electron chi connectivity index (χ4n) is 2.63. The van der Waals surface area contributed by atoms with Gasteiger partial charge in [-0.1, -0.05) is 32.8 Å². The second-order valence-electron chi connectivity index (χ2n) is 7.97. The van der Waals surface area contributed by atoms with Crippen molar-refractivity contribution in [1.82, 2.24) is 0 Å². The van der Waals surface area contributed by atoms with Gasteiger partial charge in [-0.25, -0.2) is 0 Å². The molecule has 0 aliphatic carbocycles. The zero-order chi connectivity index (χ0) is 20.8. The largest absolute Gasteiger partial charge is 0.493 e. The van der Waals surface area contributed by atoms with Crippen LogP contribution < -0.4 is 14.2 Å². The maximum absolute atomic E-state index is 6.57. The highest BCUT2D eigenvalue weighted by Crippen LogP contribution is 2.47. The summed E-state index contributed by atoms with van der Waals surface area (Å²) >= 11 is 0. The van der Waals surface area contributed by atoms with Crippen LogP contribution in [0.25, 0.3) is 0 Å². The second kappa shape index (κ2) is 9.34. The summed E-state index contributed by atoms with van der Waals surface area (Å²) in [5, 5.41) is 0.0349. The number of terminal acetylenes is 1. The van der Waals surface area contributed by atoms with E-state index in [0.29, 0.717) is 17.2 Å². The van der Waals surface area contributed by atoms with E-state index in [1.54, 1.807) is 21.3 Å². The second-order valence-corrected chi connectivity index (χ2v) is 12.7. The quantitative estimate of drug-likeness (QED) is 0.316. The van der Waals surface area contributed by atoms with Crippen LogP contribution in [-0.4, -0.2) is 29.6 Å². The Kier molecular flexibility index (Phi) is 8.00.